The van der Waals surface area contributed by atoms with Gasteiger partial charge in [0.1, 0.15) is 0 Å². The van der Waals surface area contributed by atoms with Gasteiger partial charge in [0, 0.05) is 25.0 Å². The Balaban J connectivity index is 1.47. The van der Waals surface area contributed by atoms with Gasteiger partial charge in [0.15, 0.2) is 0 Å². The van der Waals surface area contributed by atoms with Crippen LogP contribution in [0.3, 0.4) is 0 Å². The minimum absolute atomic E-state index is 0.0471. The molecule has 1 aliphatic carbocycles. The first-order chi connectivity index (χ1) is 13.7. The first-order valence-corrected chi connectivity index (χ1v) is 11.0. The molecule has 5 nitrogen and oxygen atoms in total. The van der Waals surface area contributed by atoms with Crippen LogP contribution < -0.4 is 10.6 Å². The smallest absolute Gasteiger partial charge is 0.224 e. The van der Waals surface area contributed by atoms with Gasteiger partial charge in [-0.1, -0.05) is 24.3 Å². The lowest BCUT2D eigenvalue weighted by Crippen LogP contribution is -2.48. The van der Waals surface area contributed by atoms with Crippen molar-refractivity contribution in [2.75, 3.05) is 33.4 Å². The number of carbonyl (C=O) groups is 1. The van der Waals surface area contributed by atoms with E-state index in [1.54, 1.807) is 18.4 Å². The fraction of sp³-hybridized carbons (Fsp3) is 0.545. The summed E-state index contributed by atoms with van der Waals surface area (Å²) in [4.78, 5) is 18.0. The van der Waals surface area contributed by atoms with Crippen molar-refractivity contribution in [3.63, 3.8) is 0 Å². The van der Waals surface area contributed by atoms with E-state index in [0.717, 1.165) is 49.3 Å². The predicted molar refractivity (Wildman–Crippen MR) is 114 cm³/mol. The van der Waals surface area contributed by atoms with Crippen molar-refractivity contribution in [1.29, 1.82) is 0 Å². The summed E-state index contributed by atoms with van der Waals surface area (Å²) in [6, 6.07) is 8.22. The summed E-state index contributed by atoms with van der Waals surface area (Å²) in [5.74, 6) is 0.267. The van der Waals surface area contributed by atoms with E-state index in [1.807, 2.05) is 12.1 Å². The maximum absolute atomic E-state index is 13.2. The van der Waals surface area contributed by atoms with E-state index >= 15 is 0 Å². The molecule has 2 N–H and O–H groups in total. The Labute approximate surface area is 170 Å². The second-order valence-corrected chi connectivity index (χ2v) is 9.14. The largest absolute Gasteiger partial charge is 0.384 e. The third-order valence-corrected chi connectivity index (χ3v) is 7.32. The van der Waals surface area contributed by atoms with Crippen molar-refractivity contribution < 1.29 is 9.53 Å². The number of carbonyl (C=O) groups excluding carboxylic acids is 1. The van der Waals surface area contributed by atoms with Gasteiger partial charge in [-0.25, -0.2) is 4.98 Å². The number of benzene rings is 1. The fourth-order valence-electron chi connectivity index (χ4n) is 4.47. The van der Waals surface area contributed by atoms with Crippen LogP contribution in [0.4, 0.5) is 0 Å². The summed E-state index contributed by atoms with van der Waals surface area (Å²) in [5.41, 5.74) is 1.08. The van der Waals surface area contributed by atoms with E-state index in [2.05, 4.69) is 34.9 Å². The Bertz CT molecular complexity index is 803. The zero-order valence-electron chi connectivity index (χ0n) is 16.4. The molecule has 4 rings (SSSR count). The maximum atomic E-state index is 13.2. The van der Waals surface area contributed by atoms with Crippen LogP contribution in [0.15, 0.2) is 36.4 Å². The van der Waals surface area contributed by atoms with Gasteiger partial charge in [0.25, 0.3) is 0 Å². The number of rotatable bonds is 6. The van der Waals surface area contributed by atoms with Crippen LogP contribution in [-0.4, -0.2) is 44.2 Å². The molecule has 1 fully saturated rings. The lowest BCUT2D eigenvalue weighted by Gasteiger charge is -2.38. The highest BCUT2D eigenvalue weighted by Gasteiger charge is 2.36. The van der Waals surface area contributed by atoms with Crippen LogP contribution in [0.5, 0.6) is 0 Å². The molecule has 2 unspecified atom stereocenters. The van der Waals surface area contributed by atoms with Gasteiger partial charge in [0.2, 0.25) is 5.91 Å². The van der Waals surface area contributed by atoms with Crippen LogP contribution >= 0.6 is 11.3 Å². The minimum Gasteiger partial charge on any atom is -0.384 e. The van der Waals surface area contributed by atoms with Gasteiger partial charge in [0.05, 0.1) is 27.7 Å². The third kappa shape index (κ3) is 4.14. The van der Waals surface area contributed by atoms with Crippen molar-refractivity contribution >= 4 is 27.5 Å². The highest BCUT2D eigenvalue weighted by atomic mass is 32.1. The average molecular weight is 400 g/mol. The third-order valence-electron chi connectivity index (χ3n) is 6.15. The van der Waals surface area contributed by atoms with E-state index in [9.17, 15) is 4.79 Å². The summed E-state index contributed by atoms with van der Waals surface area (Å²) in [6.07, 6.45) is 8.07. The lowest BCUT2D eigenvalue weighted by atomic mass is 9.78. The van der Waals surface area contributed by atoms with E-state index in [-0.39, 0.29) is 23.2 Å². The molecular formula is C22H29N3O2S. The molecule has 0 bridgehead atoms. The SMILES string of the molecule is COCC1(CNC(=O)C2CC=CCC2c2nc3ccccc3s2)CCNCC1. The van der Waals surface area contributed by atoms with Gasteiger partial charge in [-0.3, -0.25) is 4.79 Å². The first kappa shape index (κ1) is 19.6. The van der Waals surface area contributed by atoms with Gasteiger partial charge in [-0.15, -0.1) is 11.3 Å². The molecule has 0 saturated carbocycles. The normalized spacial score (nSPS) is 24.3. The second-order valence-electron chi connectivity index (χ2n) is 8.08. The molecule has 6 heteroatoms. The highest BCUT2D eigenvalue weighted by Crippen LogP contribution is 2.39. The van der Waals surface area contributed by atoms with Gasteiger partial charge in [-0.2, -0.15) is 0 Å². The number of allylic oxidation sites excluding steroid dienone is 2. The summed E-state index contributed by atoms with van der Waals surface area (Å²) >= 11 is 1.73. The molecular weight excluding hydrogens is 370 g/mol. The lowest BCUT2D eigenvalue weighted by molar-refractivity contribution is -0.126. The molecule has 1 amide bonds. The number of nitrogens with zero attached hydrogens (tertiary/aromatic N) is 1. The van der Waals surface area contributed by atoms with Crippen molar-refractivity contribution in [1.82, 2.24) is 15.6 Å². The van der Waals surface area contributed by atoms with E-state index < -0.39 is 0 Å². The summed E-state index contributed by atoms with van der Waals surface area (Å²) in [6.45, 7) is 3.36. The summed E-state index contributed by atoms with van der Waals surface area (Å²) < 4.78 is 6.68. The van der Waals surface area contributed by atoms with Crippen LogP contribution in [0.2, 0.25) is 0 Å². The number of ether oxygens (including phenoxy) is 1. The Kier molecular flexibility index (Phi) is 6.09. The number of amides is 1. The number of hydrogen-bond donors (Lipinski definition) is 2. The van der Waals surface area contributed by atoms with E-state index in [4.69, 9.17) is 9.72 Å². The van der Waals surface area contributed by atoms with Crippen molar-refractivity contribution in [2.45, 2.75) is 31.6 Å². The quantitative estimate of drug-likeness (QED) is 0.730. The molecule has 2 atom stereocenters. The van der Waals surface area contributed by atoms with Crippen LogP contribution in [0.1, 0.15) is 36.6 Å². The Morgan fingerprint density at radius 2 is 2.07 bits per heavy atom. The zero-order valence-corrected chi connectivity index (χ0v) is 17.3. The number of para-hydroxylation sites is 1. The first-order valence-electron chi connectivity index (χ1n) is 10.2. The molecule has 2 heterocycles. The number of thiazole rings is 1. The van der Waals surface area contributed by atoms with E-state index in [1.165, 1.54) is 4.70 Å². The number of piperidine rings is 1. The topological polar surface area (TPSA) is 63.2 Å². The molecule has 2 aromatic rings. The van der Waals surface area contributed by atoms with Crippen LogP contribution in [-0.2, 0) is 9.53 Å². The molecule has 1 aromatic carbocycles. The van der Waals surface area contributed by atoms with Crippen LogP contribution in [0, 0.1) is 11.3 Å². The van der Waals surface area contributed by atoms with Crippen molar-refractivity contribution in [3.8, 4) is 0 Å². The summed E-state index contributed by atoms with van der Waals surface area (Å²) in [7, 11) is 1.75. The molecule has 1 aromatic heterocycles. The molecule has 150 valence electrons. The van der Waals surface area contributed by atoms with Gasteiger partial charge >= 0.3 is 0 Å². The van der Waals surface area contributed by atoms with Crippen LogP contribution in [0.25, 0.3) is 10.2 Å². The number of fused-ring (bicyclic) bond motifs is 1. The fourth-order valence-corrected chi connectivity index (χ4v) is 5.61. The summed E-state index contributed by atoms with van der Waals surface area (Å²) in [5, 5.41) is 7.77. The van der Waals surface area contributed by atoms with Crippen molar-refractivity contribution in [3.05, 3.63) is 41.4 Å². The number of hydrogen-bond acceptors (Lipinski definition) is 5. The average Bonchev–Trinajstić information content (AvgIpc) is 3.17. The minimum atomic E-state index is -0.0492. The monoisotopic (exact) mass is 399 g/mol. The second kappa shape index (κ2) is 8.72. The molecule has 1 saturated heterocycles. The molecule has 0 radical (unpaired) electrons. The predicted octanol–water partition coefficient (Wildman–Crippen LogP) is 3.48. The van der Waals surface area contributed by atoms with Gasteiger partial charge < -0.3 is 15.4 Å². The zero-order chi connectivity index (χ0) is 19.4. The molecule has 1 aliphatic heterocycles. The molecule has 2 aliphatic rings. The van der Waals surface area contributed by atoms with Crippen molar-refractivity contribution in [2.24, 2.45) is 11.3 Å². The standard InChI is InChI=1S/C22H29N3O2S/c1-27-15-22(10-12-23-13-11-22)14-24-20(26)16-6-2-3-7-17(16)21-25-18-8-4-5-9-19(18)28-21/h2-5,8-9,16-17,23H,6-7,10-15H2,1H3,(H,24,26). The Hall–Kier alpha value is -1.76. The molecule has 28 heavy (non-hydrogen) atoms. The molecule has 0 spiro atoms. The maximum Gasteiger partial charge on any atom is 0.224 e. The van der Waals surface area contributed by atoms with Gasteiger partial charge in [-0.05, 0) is 50.9 Å². The Morgan fingerprint density at radius 1 is 1.29 bits per heavy atom. The number of aromatic nitrogens is 1. The van der Waals surface area contributed by atoms with E-state index in [0.29, 0.717) is 13.2 Å². The highest BCUT2D eigenvalue weighted by molar-refractivity contribution is 7.18. The number of nitrogens with one attached hydrogen (secondary N) is 2. The number of methoxy groups -OCH3 is 1. The Morgan fingerprint density at radius 3 is 2.86 bits per heavy atom.